The Balaban J connectivity index is 2.00. The predicted molar refractivity (Wildman–Crippen MR) is 116 cm³/mol. The van der Waals surface area contributed by atoms with E-state index < -0.39 is 0 Å². The molecule has 140 valence electrons. The third-order valence-electron chi connectivity index (χ3n) is 4.33. The summed E-state index contributed by atoms with van der Waals surface area (Å²) in [7, 11) is 1.73. The van der Waals surface area contributed by atoms with E-state index in [1.165, 1.54) is 10.2 Å². The van der Waals surface area contributed by atoms with Gasteiger partial charge in [0.05, 0.1) is 10.6 Å². The van der Waals surface area contributed by atoms with E-state index in [9.17, 15) is 4.79 Å². The van der Waals surface area contributed by atoms with Crippen LogP contribution in [0.15, 0.2) is 58.2 Å². The van der Waals surface area contributed by atoms with E-state index in [1.54, 1.807) is 18.8 Å². The quantitative estimate of drug-likeness (QED) is 0.676. The topological polar surface area (TPSA) is 37.8 Å². The molecule has 1 N–H and O–H groups in total. The van der Waals surface area contributed by atoms with Crippen molar-refractivity contribution in [3.8, 4) is 0 Å². The van der Waals surface area contributed by atoms with Gasteiger partial charge in [-0.1, -0.05) is 68.4 Å². The van der Waals surface area contributed by atoms with Crippen LogP contribution in [0.25, 0.3) is 11.5 Å². The van der Waals surface area contributed by atoms with Crippen molar-refractivity contribution in [1.82, 2.24) is 9.78 Å². The Kier molecular flexibility index (Phi) is 5.68. The maximum absolute atomic E-state index is 12.5. The molecule has 3 aromatic rings. The number of thioether (sulfide) groups is 1. The van der Waals surface area contributed by atoms with Gasteiger partial charge in [0.25, 0.3) is 5.56 Å². The number of aryl methyl sites for hydroxylation is 1. The second-order valence-electron chi connectivity index (χ2n) is 7.51. The van der Waals surface area contributed by atoms with Crippen molar-refractivity contribution >= 4 is 34.8 Å². The predicted octanol–water partition coefficient (Wildman–Crippen LogP) is 4.02. The van der Waals surface area contributed by atoms with E-state index in [0.29, 0.717) is 10.2 Å². The molecule has 0 saturated heterocycles. The third kappa shape index (κ3) is 4.76. The molecule has 1 aromatic heterocycles. The van der Waals surface area contributed by atoms with Crippen molar-refractivity contribution in [3.05, 3.63) is 85.6 Å². The molecule has 1 heterocycles. The Morgan fingerprint density at radius 1 is 1.04 bits per heavy atom. The van der Waals surface area contributed by atoms with E-state index in [1.807, 2.05) is 35.7 Å². The molecule has 0 amide bonds. The van der Waals surface area contributed by atoms with Crippen molar-refractivity contribution in [2.45, 2.75) is 31.1 Å². The van der Waals surface area contributed by atoms with Gasteiger partial charge in [0.2, 0.25) is 0 Å². The molecule has 0 aliphatic heterocycles. The van der Waals surface area contributed by atoms with Crippen molar-refractivity contribution in [1.29, 1.82) is 0 Å². The van der Waals surface area contributed by atoms with Crippen molar-refractivity contribution in [3.63, 3.8) is 0 Å². The summed E-state index contributed by atoms with van der Waals surface area (Å²) in [5, 5.41) is 7.24. The Bertz CT molecular complexity index is 1100. The van der Waals surface area contributed by atoms with Crippen molar-refractivity contribution in [2.24, 2.45) is 7.05 Å². The summed E-state index contributed by atoms with van der Waals surface area (Å²) in [4.78, 5) is 13.6. The van der Waals surface area contributed by atoms with Gasteiger partial charge in [0, 0.05) is 22.4 Å². The second kappa shape index (κ2) is 7.83. The molecule has 3 nitrogen and oxygen atoms in total. The molecule has 27 heavy (non-hydrogen) atoms. The van der Waals surface area contributed by atoms with Crippen LogP contribution in [-0.2, 0) is 12.5 Å². The van der Waals surface area contributed by atoms with Crippen LogP contribution in [0.4, 0.5) is 0 Å². The molecule has 2 aromatic carbocycles. The Labute approximate surface area is 168 Å². The largest absolute Gasteiger partial charge is 0.295 e. The molecule has 0 saturated carbocycles. The van der Waals surface area contributed by atoms with Gasteiger partial charge in [-0.05, 0) is 46.9 Å². The van der Waals surface area contributed by atoms with Crippen LogP contribution >= 0.6 is 23.4 Å². The fourth-order valence-electron chi connectivity index (χ4n) is 2.70. The number of nitrogens with zero attached hydrogens (tertiary/aromatic N) is 1. The maximum Gasteiger partial charge on any atom is 0.274 e. The van der Waals surface area contributed by atoms with E-state index in [4.69, 9.17) is 11.6 Å². The minimum atomic E-state index is -0.0437. The summed E-state index contributed by atoms with van der Waals surface area (Å²) >= 11 is 7.48. The first-order chi connectivity index (χ1) is 12.7. The lowest BCUT2D eigenvalue weighted by molar-refractivity contribution is 0.590. The monoisotopic (exact) mass is 398 g/mol. The van der Waals surface area contributed by atoms with Crippen LogP contribution in [-0.4, -0.2) is 9.78 Å². The highest BCUT2D eigenvalue weighted by Crippen LogP contribution is 2.22. The Morgan fingerprint density at radius 2 is 1.67 bits per heavy atom. The first-order valence-corrected chi connectivity index (χ1v) is 9.99. The van der Waals surface area contributed by atoms with Gasteiger partial charge in [0.15, 0.2) is 0 Å². The highest BCUT2D eigenvalue weighted by atomic mass is 35.5. The lowest BCUT2D eigenvalue weighted by Crippen LogP contribution is -2.34. The van der Waals surface area contributed by atoms with Crippen LogP contribution in [0.1, 0.15) is 31.9 Å². The smallest absolute Gasteiger partial charge is 0.274 e. The first-order valence-electron chi connectivity index (χ1n) is 8.74. The molecule has 0 spiro atoms. The average molecular weight is 399 g/mol. The summed E-state index contributed by atoms with van der Waals surface area (Å²) in [5.74, 6) is 0. The molecule has 3 rings (SSSR count). The number of halogens is 1. The fourth-order valence-corrected chi connectivity index (χ4v) is 3.56. The molecule has 0 unspecified atom stereocenters. The van der Waals surface area contributed by atoms with E-state index >= 15 is 0 Å². The van der Waals surface area contributed by atoms with Gasteiger partial charge >= 0.3 is 0 Å². The first kappa shape index (κ1) is 19.6. The maximum atomic E-state index is 12.5. The van der Waals surface area contributed by atoms with Crippen LogP contribution in [0.5, 0.6) is 0 Å². The number of hydrogen-bond donors (Lipinski definition) is 1. The summed E-state index contributed by atoms with van der Waals surface area (Å²) < 4.78 is 1.50. The number of aromatic nitrogens is 2. The summed E-state index contributed by atoms with van der Waals surface area (Å²) in [5.41, 5.74) is 2.34. The van der Waals surface area contributed by atoms with Gasteiger partial charge in [-0.15, -0.1) is 0 Å². The van der Waals surface area contributed by atoms with Crippen molar-refractivity contribution < 1.29 is 0 Å². The number of nitrogens with one attached hydrogen (secondary N) is 1. The number of rotatable bonds is 3. The molecule has 0 atom stereocenters. The lowest BCUT2D eigenvalue weighted by Gasteiger charge is -2.18. The van der Waals surface area contributed by atoms with Gasteiger partial charge < -0.3 is 0 Å². The van der Waals surface area contributed by atoms with Crippen LogP contribution in [0, 0.1) is 0 Å². The van der Waals surface area contributed by atoms with Crippen LogP contribution in [0.3, 0.4) is 0 Å². The molecule has 5 heteroatoms. The number of aromatic amines is 1. The average Bonchev–Trinajstić information content (AvgIpc) is 2.89. The van der Waals surface area contributed by atoms with Gasteiger partial charge in [-0.2, -0.15) is 0 Å². The van der Waals surface area contributed by atoms with Crippen LogP contribution < -0.4 is 16.1 Å². The summed E-state index contributed by atoms with van der Waals surface area (Å²) in [6.07, 6.45) is 1.93. The molecule has 0 fully saturated rings. The number of benzene rings is 2. The van der Waals surface area contributed by atoms with E-state index in [0.717, 1.165) is 15.8 Å². The van der Waals surface area contributed by atoms with Gasteiger partial charge in [-0.3, -0.25) is 14.6 Å². The van der Waals surface area contributed by atoms with E-state index in [2.05, 4.69) is 50.1 Å². The third-order valence-corrected chi connectivity index (χ3v) is 5.48. The second-order valence-corrected chi connectivity index (χ2v) is 8.89. The minimum Gasteiger partial charge on any atom is -0.295 e. The molecule has 0 bridgehead atoms. The Morgan fingerprint density at radius 3 is 2.26 bits per heavy atom. The Hall–Kier alpha value is -2.17. The highest BCUT2D eigenvalue weighted by Gasteiger charge is 2.12. The number of hydrogen-bond acceptors (Lipinski definition) is 2. The van der Waals surface area contributed by atoms with Gasteiger partial charge in [-0.25, -0.2) is 0 Å². The zero-order valence-electron chi connectivity index (χ0n) is 15.9. The molecule has 0 aliphatic rings. The summed E-state index contributed by atoms with van der Waals surface area (Å²) in [6, 6.07) is 16.0. The normalized spacial score (nSPS) is 13.4. The highest BCUT2D eigenvalue weighted by molar-refractivity contribution is 8.06. The van der Waals surface area contributed by atoms with Gasteiger partial charge in [0.1, 0.15) is 0 Å². The standard InChI is InChI=1S/C22H23ClN2OS/c1-22(2,3)16-7-5-15(6-8-16)13-19-20(24-25(4)21(19)26)14-27-18-11-9-17(23)10-12-18/h5-14,24H,1-4H3/b19-13+,20-14-. The fraction of sp³-hybridized carbons (Fsp3) is 0.227. The lowest BCUT2D eigenvalue weighted by atomic mass is 9.87. The molecule has 0 aliphatic carbocycles. The zero-order chi connectivity index (χ0) is 19.6. The van der Waals surface area contributed by atoms with Crippen molar-refractivity contribution in [2.75, 3.05) is 0 Å². The van der Waals surface area contributed by atoms with E-state index in [-0.39, 0.29) is 11.0 Å². The molecule has 0 radical (unpaired) electrons. The molecular formula is C22H23ClN2OS. The SMILES string of the molecule is Cn1[nH]c(=C\Sc2ccc(Cl)cc2)/c(=C\c2ccc(C(C)(C)C)cc2)c1=O. The zero-order valence-corrected chi connectivity index (χ0v) is 17.5. The minimum absolute atomic E-state index is 0.0437. The summed E-state index contributed by atoms with van der Waals surface area (Å²) in [6.45, 7) is 6.57. The molecular weight excluding hydrogens is 376 g/mol. The van der Waals surface area contributed by atoms with Crippen LogP contribution in [0.2, 0.25) is 5.02 Å². The number of H-pyrrole nitrogens is 1.